The van der Waals surface area contributed by atoms with Crippen LogP contribution in [0.2, 0.25) is 0 Å². The van der Waals surface area contributed by atoms with Gasteiger partial charge in [-0.1, -0.05) is 29.8 Å². The van der Waals surface area contributed by atoms with Crippen LogP contribution in [0.25, 0.3) is 0 Å². The van der Waals surface area contributed by atoms with Gasteiger partial charge < -0.3 is 0 Å². The van der Waals surface area contributed by atoms with E-state index in [0.717, 1.165) is 19.0 Å². The van der Waals surface area contributed by atoms with E-state index in [1.54, 1.807) is 0 Å². The van der Waals surface area contributed by atoms with Gasteiger partial charge in [0.25, 0.3) is 0 Å². The number of hydrogen-bond acceptors (Lipinski definition) is 2. The lowest BCUT2D eigenvalue weighted by molar-refractivity contribution is 0.217. The molecule has 0 aromatic heterocycles. The standard InChI is InChI=1S/C12H18N2/c1-10-3-2-4-12(9-10)11-5-7-14(13)8-6-11/h2-4,9,11H,5-8,13H2,1H3. The van der Waals surface area contributed by atoms with E-state index in [1.807, 2.05) is 5.01 Å². The predicted octanol–water partition coefficient (Wildman–Crippen LogP) is 2.05. The summed E-state index contributed by atoms with van der Waals surface area (Å²) in [6, 6.07) is 8.85. The topological polar surface area (TPSA) is 29.3 Å². The minimum absolute atomic E-state index is 0.717. The Bertz CT molecular complexity index is 301. The van der Waals surface area contributed by atoms with Crippen molar-refractivity contribution in [3.05, 3.63) is 35.4 Å². The summed E-state index contributed by atoms with van der Waals surface area (Å²) in [5, 5.41) is 1.92. The Balaban J connectivity index is 2.08. The molecule has 0 saturated carbocycles. The van der Waals surface area contributed by atoms with Crippen LogP contribution in [0.3, 0.4) is 0 Å². The second-order valence-corrected chi connectivity index (χ2v) is 4.22. The monoisotopic (exact) mass is 190 g/mol. The molecule has 1 saturated heterocycles. The summed E-state index contributed by atoms with van der Waals surface area (Å²) >= 11 is 0. The van der Waals surface area contributed by atoms with E-state index in [-0.39, 0.29) is 0 Å². The summed E-state index contributed by atoms with van der Waals surface area (Å²) in [5.74, 6) is 6.46. The molecule has 0 amide bonds. The molecule has 0 spiro atoms. The quantitative estimate of drug-likeness (QED) is 0.687. The Morgan fingerprint density at radius 3 is 2.64 bits per heavy atom. The minimum Gasteiger partial charge on any atom is -0.269 e. The molecule has 14 heavy (non-hydrogen) atoms. The first kappa shape index (κ1) is 9.69. The van der Waals surface area contributed by atoms with E-state index in [0.29, 0.717) is 0 Å². The van der Waals surface area contributed by atoms with Crippen molar-refractivity contribution in [3.63, 3.8) is 0 Å². The number of rotatable bonds is 1. The molecule has 0 atom stereocenters. The fourth-order valence-electron chi connectivity index (χ4n) is 2.16. The molecule has 0 radical (unpaired) electrons. The van der Waals surface area contributed by atoms with E-state index >= 15 is 0 Å². The van der Waals surface area contributed by atoms with Crippen LogP contribution in [-0.2, 0) is 0 Å². The van der Waals surface area contributed by atoms with Gasteiger partial charge >= 0.3 is 0 Å². The van der Waals surface area contributed by atoms with E-state index in [9.17, 15) is 0 Å². The summed E-state index contributed by atoms with van der Waals surface area (Å²) in [7, 11) is 0. The predicted molar refractivity (Wildman–Crippen MR) is 58.9 cm³/mol. The SMILES string of the molecule is Cc1cccc(C2CCN(N)CC2)c1. The minimum atomic E-state index is 0.717. The van der Waals surface area contributed by atoms with Crippen molar-refractivity contribution in [1.29, 1.82) is 0 Å². The first-order chi connectivity index (χ1) is 6.75. The van der Waals surface area contributed by atoms with Crippen molar-refractivity contribution < 1.29 is 0 Å². The largest absolute Gasteiger partial charge is 0.269 e. The highest BCUT2D eigenvalue weighted by Gasteiger charge is 2.18. The Kier molecular flexibility index (Phi) is 2.85. The Morgan fingerprint density at radius 2 is 2.00 bits per heavy atom. The van der Waals surface area contributed by atoms with E-state index in [2.05, 4.69) is 31.2 Å². The number of hydrogen-bond donors (Lipinski definition) is 1. The summed E-state index contributed by atoms with van der Waals surface area (Å²) in [6.45, 7) is 4.21. The zero-order valence-electron chi connectivity index (χ0n) is 8.74. The molecule has 0 bridgehead atoms. The van der Waals surface area contributed by atoms with Crippen LogP contribution in [0.15, 0.2) is 24.3 Å². The maximum absolute atomic E-state index is 5.74. The van der Waals surface area contributed by atoms with Gasteiger partial charge in [-0.05, 0) is 31.2 Å². The molecule has 0 unspecified atom stereocenters. The first-order valence-corrected chi connectivity index (χ1v) is 5.32. The Labute approximate surface area is 85.7 Å². The number of nitrogens with two attached hydrogens (primary N) is 1. The maximum Gasteiger partial charge on any atom is 0.0134 e. The number of benzene rings is 1. The van der Waals surface area contributed by atoms with Gasteiger partial charge in [-0.15, -0.1) is 0 Å². The summed E-state index contributed by atoms with van der Waals surface area (Å²) in [6.07, 6.45) is 2.39. The molecule has 1 fully saturated rings. The Morgan fingerprint density at radius 1 is 1.29 bits per heavy atom. The second kappa shape index (κ2) is 4.11. The van der Waals surface area contributed by atoms with E-state index in [1.165, 1.54) is 24.0 Å². The fourth-order valence-corrected chi connectivity index (χ4v) is 2.16. The third-order valence-corrected chi connectivity index (χ3v) is 3.04. The normalized spacial score (nSPS) is 19.9. The van der Waals surface area contributed by atoms with Gasteiger partial charge in [-0.3, -0.25) is 5.84 Å². The number of aryl methyl sites for hydroxylation is 1. The molecule has 76 valence electrons. The third-order valence-electron chi connectivity index (χ3n) is 3.04. The molecule has 1 aromatic rings. The highest BCUT2D eigenvalue weighted by Crippen LogP contribution is 2.27. The number of nitrogens with zero attached hydrogens (tertiary/aromatic N) is 1. The molecule has 2 N–H and O–H groups in total. The van der Waals surface area contributed by atoms with Gasteiger partial charge in [0, 0.05) is 13.1 Å². The van der Waals surface area contributed by atoms with E-state index < -0.39 is 0 Å². The summed E-state index contributed by atoms with van der Waals surface area (Å²) in [5.41, 5.74) is 2.84. The summed E-state index contributed by atoms with van der Waals surface area (Å²) in [4.78, 5) is 0. The fraction of sp³-hybridized carbons (Fsp3) is 0.500. The first-order valence-electron chi connectivity index (χ1n) is 5.32. The molecule has 1 heterocycles. The second-order valence-electron chi connectivity index (χ2n) is 4.22. The highest BCUT2D eigenvalue weighted by molar-refractivity contribution is 5.25. The zero-order chi connectivity index (χ0) is 9.97. The number of piperidine rings is 1. The van der Waals surface area contributed by atoms with Crippen molar-refractivity contribution in [2.75, 3.05) is 13.1 Å². The van der Waals surface area contributed by atoms with Crippen LogP contribution in [0.4, 0.5) is 0 Å². The van der Waals surface area contributed by atoms with Crippen molar-refractivity contribution in [1.82, 2.24) is 5.01 Å². The molecule has 1 aliphatic heterocycles. The van der Waals surface area contributed by atoms with Gasteiger partial charge in [0.05, 0.1) is 0 Å². The number of hydrazine groups is 1. The van der Waals surface area contributed by atoms with Gasteiger partial charge in [0.1, 0.15) is 0 Å². The average Bonchev–Trinajstić information content (AvgIpc) is 2.19. The van der Waals surface area contributed by atoms with Crippen molar-refractivity contribution in [2.45, 2.75) is 25.7 Å². The molecular weight excluding hydrogens is 172 g/mol. The molecule has 1 aliphatic rings. The van der Waals surface area contributed by atoms with Gasteiger partial charge in [-0.2, -0.15) is 0 Å². The molecular formula is C12H18N2. The lowest BCUT2D eigenvalue weighted by Gasteiger charge is -2.28. The van der Waals surface area contributed by atoms with Gasteiger partial charge in [0.15, 0.2) is 0 Å². The van der Waals surface area contributed by atoms with Gasteiger partial charge in [0.2, 0.25) is 0 Å². The molecule has 2 nitrogen and oxygen atoms in total. The Hall–Kier alpha value is -0.860. The van der Waals surface area contributed by atoms with Crippen LogP contribution >= 0.6 is 0 Å². The molecule has 1 aromatic carbocycles. The van der Waals surface area contributed by atoms with Crippen LogP contribution in [-0.4, -0.2) is 18.1 Å². The molecule has 0 aliphatic carbocycles. The van der Waals surface area contributed by atoms with Crippen LogP contribution in [0.1, 0.15) is 29.9 Å². The van der Waals surface area contributed by atoms with Crippen LogP contribution in [0, 0.1) is 6.92 Å². The van der Waals surface area contributed by atoms with Crippen molar-refractivity contribution in [2.24, 2.45) is 5.84 Å². The highest BCUT2D eigenvalue weighted by atomic mass is 15.4. The maximum atomic E-state index is 5.74. The summed E-state index contributed by atoms with van der Waals surface area (Å²) < 4.78 is 0. The van der Waals surface area contributed by atoms with Crippen LogP contribution in [0.5, 0.6) is 0 Å². The molecule has 2 rings (SSSR count). The van der Waals surface area contributed by atoms with Crippen LogP contribution < -0.4 is 5.84 Å². The third kappa shape index (κ3) is 2.14. The van der Waals surface area contributed by atoms with Gasteiger partial charge in [-0.25, -0.2) is 5.01 Å². The van der Waals surface area contributed by atoms with E-state index in [4.69, 9.17) is 5.84 Å². The van der Waals surface area contributed by atoms with Crippen molar-refractivity contribution in [3.8, 4) is 0 Å². The average molecular weight is 190 g/mol. The lowest BCUT2D eigenvalue weighted by Crippen LogP contribution is -2.38. The molecule has 2 heteroatoms. The zero-order valence-corrected chi connectivity index (χ0v) is 8.74. The lowest BCUT2D eigenvalue weighted by atomic mass is 9.89. The smallest absolute Gasteiger partial charge is 0.0134 e. The van der Waals surface area contributed by atoms with Crippen molar-refractivity contribution >= 4 is 0 Å².